The number of aromatic nitrogens is 1. The van der Waals surface area contributed by atoms with Crippen molar-refractivity contribution in [3.05, 3.63) is 101 Å². The van der Waals surface area contributed by atoms with E-state index in [1.165, 1.54) is 19.2 Å². The van der Waals surface area contributed by atoms with Crippen LogP contribution in [0.1, 0.15) is 39.9 Å². The molecule has 1 heterocycles. The van der Waals surface area contributed by atoms with Crippen LogP contribution in [0.15, 0.2) is 72.8 Å². The quantitative estimate of drug-likeness (QED) is 0.213. The number of ketones is 1. The standard InChI is InChI=1S/C30H32FN3O3/c1-37-30(36)21-8-6-20(7-9-21)19-34-26-5-3-2-4-25(26)28-27(34)15-10-22(29(28)35)18-32-16-17-33-24-13-11-23(31)12-14-24/h2-9,11-14,22,30,32-33,36H,10,15-19H2,1H3. The van der Waals surface area contributed by atoms with Crippen molar-refractivity contribution in [2.75, 3.05) is 32.1 Å². The topological polar surface area (TPSA) is 75.5 Å². The Balaban J connectivity index is 1.27. The first-order valence-electron chi connectivity index (χ1n) is 12.7. The Hall–Kier alpha value is -3.52. The van der Waals surface area contributed by atoms with E-state index in [4.69, 9.17) is 4.74 Å². The summed E-state index contributed by atoms with van der Waals surface area (Å²) in [5.74, 6) is -0.110. The van der Waals surface area contributed by atoms with E-state index in [2.05, 4.69) is 21.3 Å². The fourth-order valence-electron chi connectivity index (χ4n) is 5.16. The molecular weight excluding hydrogens is 469 g/mol. The number of anilines is 1. The van der Waals surface area contributed by atoms with E-state index in [9.17, 15) is 14.3 Å². The van der Waals surface area contributed by atoms with Gasteiger partial charge in [0.25, 0.3) is 0 Å². The van der Waals surface area contributed by atoms with Crippen LogP contribution in [0.5, 0.6) is 0 Å². The van der Waals surface area contributed by atoms with Crippen molar-refractivity contribution in [1.29, 1.82) is 0 Å². The van der Waals surface area contributed by atoms with Crippen molar-refractivity contribution in [1.82, 2.24) is 9.88 Å². The highest BCUT2D eigenvalue weighted by molar-refractivity contribution is 6.11. The van der Waals surface area contributed by atoms with Gasteiger partial charge < -0.3 is 25.0 Å². The molecule has 0 saturated heterocycles. The minimum atomic E-state index is -0.934. The van der Waals surface area contributed by atoms with E-state index in [-0.39, 0.29) is 17.5 Å². The zero-order valence-corrected chi connectivity index (χ0v) is 20.9. The Morgan fingerprint density at radius 1 is 1.05 bits per heavy atom. The van der Waals surface area contributed by atoms with Crippen molar-refractivity contribution in [3.63, 3.8) is 0 Å². The third-order valence-electron chi connectivity index (χ3n) is 7.12. The third kappa shape index (κ3) is 5.44. The van der Waals surface area contributed by atoms with E-state index < -0.39 is 6.29 Å². The molecule has 0 spiro atoms. The van der Waals surface area contributed by atoms with Crippen LogP contribution in [0.4, 0.5) is 10.1 Å². The van der Waals surface area contributed by atoms with Crippen molar-refractivity contribution in [2.24, 2.45) is 5.92 Å². The molecular formula is C30H32FN3O3. The summed E-state index contributed by atoms with van der Waals surface area (Å²) in [4.78, 5) is 13.6. The number of halogens is 1. The Morgan fingerprint density at radius 2 is 1.81 bits per heavy atom. The summed E-state index contributed by atoms with van der Waals surface area (Å²) in [6, 6.07) is 22.2. The number of hydrogen-bond donors (Lipinski definition) is 3. The maximum atomic E-state index is 13.6. The minimum Gasteiger partial charge on any atom is -0.384 e. The fourth-order valence-corrected chi connectivity index (χ4v) is 5.16. The zero-order chi connectivity index (χ0) is 25.8. The average molecular weight is 502 g/mol. The second-order valence-electron chi connectivity index (χ2n) is 9.49. The molecule has 0 radical (unpaired) electrons. The SMILES string of the molecule is COC(O)c1ccc(Cn2c3c(c4ccccc42)C(=O)C(CNCCNc2ccc(F)cc2)CC3)cc1. The molecule has 3 N–H and O–H groups in total. The third-order valence-corrected chi connectivity index (χ3v) is 7.12. The van der Waals surface area contributed by atoms with Crippen LogP contribution in [0.3, 0.4) is 0 Å². The Kier molecular flexibility index (Phi) is 7.65. The molecule has 37 heavy (non-hydrogen) atoms. The highest BCUT2D eigenvalue weighted by Gasteiger charge is 2.32. The molecule has 0 amide bonds. The molecule has 6 nitrogen and oxygen atoms in total. The van der Waals surface area contributed by atoms with Gasteiger partial charge in [0, 0.05) is 72.6 Å². The number of carbonyl (C=O) groups is 1. The summed E-state index contributed by atoms with van der Waals surface area (Å²) in [7, 11) is 1.47. The first kappa shape index (κ1) is 25.1. The lowest BCUT2D eigenvalue weighted by atomic mass is 9.85. The van der Waals surface area contributed by atoms with Crippen molar-refractivity contribution in [3.8, 4) is 0 Å². The number of methoxy groups -OCH3 is 1. The normalized spacial score (nSPS) is 16.1. The van der Waals surface area contributed by atoms with Gasteiger partial charge >= 0.3 is 0 Å². The van der Waals surface area contributed by atoms with Crippen LogP contribution in [0.2, 0.25) is 0 Å². The summed E-state index contributed by atoms with van der Waals surface area (Å²) in [6.45, 7) is 2.69. The number of ether oxygens (including phenoxy) is 1. The summed E-state index contributed by atoms with van der Waals surface area (Å²) >= 11 is 0. The van der Waals surface area contributed by atoms with Gasteiger partial charge in [-0.3, -0.25) is 4.79 Å². The molecule has 2 atom stereocenters. The maximum Gasteiger partial charge on any atom is 0.180 e. The predicted molar refractivity (Wildman–Crippen MR) is 143 cm³/mol. The number of aliphatic hydroxyl groups is 1. The van der Waals surface area contributed by atoms with Crippen LogP contribution in [-0.4, -0.2) is 42.2 Å². The number of hydrogen-bond acceptors (Lipinski definition) is 5. The number of para-hydroxylation sites is 1. The molecule has 3 aromatic carbocycles. The van der Waals surface area contributed by atoms with Gasteiger partial charge in [-0.1, -0.05) is 42.5 Å². The van der Waals surface area contributed by atoms with E-state index in [1.807, 2.05) is 42.5 Å². The number of aliphatic hydroxyl groups excluding tert-OH is 1. The number of nitrogens with zero attached hydrogens (tertiary/aromatic N) is 1. The van der Waals surface area contributed by atoms with E-state index in [1.54, 1.807) is 12.1 Å². The fraction of sp³-hybridized carbons (Fsp3) is 0.300. The Bertz CT molecular complexity index is 1370. The minimum absolute atomic E-state index is 0.0626. The van der Waals surface area contributed by atoms with Gasteiger partial charge in [0.15, 0.2) is 12.1 Å². The van der Waals surface area contributed by atoms with Gasteiger partial charge in [-0.2, -0.15) is 0 Å². The lowest BCUT2D eigenvalue weighted by molar-refractivity contribution is -0.0769. The van der Waals surface area contributed by atoms with Gasteiger partial charge in [-0.15, -0.1) is 0 Å². The lowest BCUT2D eigenvalue weighted by Gasteiger charge is -2.23. The summed E-state index contributed by atoms with van der Waals surface area (Å²) in [5, 5.41) is 17.6. The van der Waals surface area contributed by atoms with Gasteiger partial charge in [-0.25, -0.2) is 4.39 Å². The number of carbonyl (C=O) groups excluding carboxylic acids is 1. The predicted octanol–water partition coefficient (Wildman–Crippen LogP) is 4.91. The molecule has 192 valence electrons. The maximum absolute atomic E-state index is 13.6. The molecule has 1 aliphatic rings. The monoisotopic (exact) mass is 501 g/mol. The van der Waals surface area contributed by atoms with Gasteiger partial charge in [-0.05, 0) is 48.7 Å². The average Bonchev–Trinajstić information content (AvgIpc) is 3.24. The molecule has 7 heteroatoms. The van der Waals surface area contributed by atoms with Crippen LogP contribution < -0.4 is 10.6 Å². The number of Topliss-reactive ketones (excluding diaryl/α,β-unsaturated/α-hetero) is 1. The van der Waals surface area contributed by atoms with Crippen molar-refractivity contribution in [2.45, 2.75) is 25.7 Å². The molecule has 1 aliphatic carbocycles. The van der Waals surface area contributed by atoms with Crippen LogP contribution in [0.25, 0.3) is 10.9 Å². The number of benzene rings is 3. The smallest absolute Gasteiger partial charge is 0.180 e. The first-order chi connectivity index (χ1) is 18.0. The molecule has 0 aliphatic heterocycles. The lowest BCUT2D eigenvalue weighted by Crippen LogP contribution is -2.34. The molecule has 0 saturated carbocycles. The molecule has 5 rings (SSSR count). The largest absolute Gasteiger partial charge is 0.384 e. The van der Waals surface area contributed by atoms with Gasteiger partial charge in [0.2, 0.25) is 0 Å². The van der Waals surface area contributed by atoms with Crippen molar-refractivity contribution < 1.29 is 19.0 Å². The Labute approximate surface area is 216 Å². The van der Waals surface area contributed by atoms with E-state index in [0.29, 0.717) is 31.7 Å². The molecule has 1 aromatic heterocycles. The van der Waals surface area contributed by atoms with Crippen LogP contribution >= 0.6 is 0 Å². The summed E-state index contributed by atoms with van der Waals surface area (Å²) in [5.41, 5.74) is 5.70. The number of nitrogens with one attached hydrogen (secondary N) is 2. The van der Waals surface area contributed by atoms with E-state index >= 15 is 0 Å². The molecule has 4 aromatic rings. The van der Waals surface area contributed by atoms with Gasteiger partial charge in [0.05, 0.1) is 0 Å². The highest BCUT2D eigenvalue weighted by Crippen LogP contribution is 2.35. The summed E-state index contributed by atoms with van der Waals surface area (Å²) < 4.78 is 20.3. The molecule has 2 unspecified atom stereocenters. The Morgan fingerprint density at radius 3 is 2.57 bits per heavy atom. The number of fused-ring (bicyclic) bond motifs is 3. The molecule has 0 bridgehead atoms. The second kappa shape index (κ2) is 11.3. The van der Waals surface area contributed by atoms with Crippen molar-refractivity contribution >= 4 is 22.4 Å². The second-order valence-corrected chi connectivity index (χ2v) is 9.49. The summed E-state index contributed by atoms with van der Waals surface area (Å²) in [6.07, 6.45) is 0.715. The zero-order valence-electron chi connectivity index (χ0n) is 20.9. The van der Waals surface area contributed by atoms with Crippen LogP contribution in [0, 0.1) is 11.7 Å². The first-order valence-corrected chi connectivity index (χ1v) is 12.7. The van der Waals surface area contributed by atoms with Crippen LogP contribution in [-0.2, 0) is 17.7 Å². The highest BCUT2D eigenvalue weighted by atomic mass is 19.1. The van der Waals surface area contributed by atoms with Gasteiger partial charge in [0.1, 0.15) is 5.82 Å². The number of rotatable bonds is 10. The van der Waals surface area contributed by atoms with E-state index in [0.717, 1.165) is 46.3 Å². The molecule has 0 fully saturated rings.